The van der Waals surface area contributed by atoms with Crippen LogP contribution in [0.15, 0.2) is 18.3 Å². The van der Waals surface area contributed by atoms with Crippen LogP contribution < -0.4 is 10.1 Å². The minimum Gasteiger partial charge on any atom is -0.495 e. The summed E-state index contributed by atoms with van der Waals surface area (Å²) >= 11 is 0. The number of aromatic nitrogens is 1. The number of hydrogen-bond acceptors (Lipinski definition) is 3. The molecule has 1 rings (SSSR count). The maximum Gasteiger partial charge on any atom is 0.390 e. The van der Waals surface area contributed by atoms with E-state index in [4.69, 9.17) is 4.74 Å². The molecule has 96 valence electrons. The fraction of sp³-hybridized carbons (Fsp3) is 0.545. The van der Waals surface area contributed by atoms with Crippen LogP contribution in [0.5, 0.6) is 5.75 Å². The molecule has 17 heavy (non-hydrogen) atoms. The van der Waals surface area contributed by atoms with Gasteiger partial charge in [0, 0.05) is 6.20 Å². The van der Waals surface area contributed by atoms with E-state index in [1.54, 1.807) is 19.1 Å². The Morgan fingerprint density at radius 3 is 2.71 bits per heavy atom. The van der Waals surface area contributed by atoms with Gasteiger partial charge in [-0.3, -0.25) is 4.98 Å². The Morgan fingerprint density at radius 1 is 1.47 bits per heavy atom. The number of nitrogens with one attached hydrogen (secondary N) is 1. The largest absolute Gasteiger partial charge is 0.495 e. The van der Waals surface area contributed by atoms with Crippen LogP contribution in [0.25, 0.3) is 0 Å². The van der Waals surface area contributed by atoms with Gasteiger partial charge in [0.1, 0.15) is 5.75 Å². The van der Waals surface area contributed by atoms with Gasteiger partial charge in [-0.2, -0.15) is 13.2 Å². The highest BCUT2D eigenvalue weighted by molar-refractivity contribution is 5.29. The van der Waals surface area contributed by atoms with Crippen LogP contribution >= 0.6 is 0 Å². The first-order valence-electron chi connectivity index (χ1n) is 5.27. The van der Waals surface area contributed by atoms with Gasteiger partial charge < -0.3 is 10.1 Å². The molecular formula is C11H15F3N2O. The van der Waals surface area contributed by atoms with Gasteiger partial charge in [0.25, 0.3) is 0 Å². The van der Waals surface area contributed by atoms with Gasteiger partial charge in [0.05, 0.1) is 25.3 Å². The zero-order chi connectivity index (χ0) is 12.9. The van der Waals surface area contributed by atoms with Crippen molar-refractivity contribution in [1.29, 1.82) is 0 Å². The average Bonchev–Trinajstić information content (AvgIpc) is 2.27. The first-order valence-corrected chi connectivity index (χ1v) is 5.27. The van der Waals surface area contributed by atoms with Crippen LogP contribution in [0.2, 0.25) is 0 Å². The van der Waals surface area contributed by atoms with Gasteiger partial charge in [-0.05, 0) is 18.7 Å². The lowest BCUT2D eigenvalue weighted by Gasteiger charge is -2.20. The third-order valence-corrected chi connectivity index (χ3v) is 2.24. The Morgan fingerprint density at radius 2 is 2.18 bits per heavy atom. The summed E-state index contributed by atoms with van der Waals surface area (Å²) in [6.45, 7) is 2.18. The lowest BCUT2D eigenvalue weighted by atomic mass is 10.1. The molecule has 0 bridgehead atoms. The molecule has 0 saturated carbocycles. The molecule has 0 aromatic carbocycles. The molecule has 1 heterocycles. The van der Waals surface area contributed by atoms with Crippen molar-refractivity contribution >= 4 is 0 Å². The molecule has 0 saturated heterocycles. The second-order valence-electron chi connectivity index (χ2n) is 3.52. The number of hydrogen-bond donors (Lipinski definition) is 1. The van der Waals surface area contributed by atoms with Crippen molar-refractivity contribution in [3.05, 3.63) is 24.0 Å². The summed E-state index contributed by atoms with van der Waals surface area (Å²) in [6.07, 6.45) is -3.75. The molecule has 1 aromatic rings. The van der Waals surface area contributed by atoms with Gasteiger partial charge in [-0.1, -0.05) is 6.92 Å². The fourth-order valence-electron chi connectivity index (χ4n) is 1.58. The summed E-state index contributed by atoms with van der Waals surface area (Å²) in [5.74, 6) is 0.364. The molecule has 1 N–H and O–H groups in total. The quantitative estimate of drug-likeness (QED) is 0.870. The molecule has 1 atom stereocenters. The predicted molar refractivity (Wildman–Crippen MR) is 57.9 cm³/mol. The topological polar surface area (TPSA) is 34.2 Å². The Balaban J connectivity index is 2.96. The van der Waals surface area contributed by atoms with Crippen molar-refractivity contribution in [2.45, 2.75) is 25.6 Å². The predicted octanol–water partition coefficient (Wildman–Crippen LogP) is 2.69. The highest BCUT2D eigenvalue weighted by Gasteiger charge is 2.34. The molecule has 0 spiro atoms. The van der Waals surface area contributed by atoms with Crippen molar-refractivity contribution in [3.63, 3.8) is 0 Å². The summed E-state index contributed by atoms with van der Waals surface area (Å²) in [7, 11) is 1.41. The number of methoxy groups -OCH3 is 1. The average molecular weight is 248 g/mol. The number of rotatable bonds is 5. The Bertz CT molecular complexity index is 355. The molecular weight excluding hydrogens is 233 g/mol. The van der Waals surface area contributed by atoms with E-state index in [9.17, 15) is 13.2 Å². The van der Waals surface area contributed by atoms with E-state index in [0.717, 1.165) is 0 Å². The number of pyridine rings is 1. The zero-order valence-electron chi connectivity index (χ0n) is 9.71. The summed E-state index contributed by atoms with van der Waals surface area (Å²) in [4.78, 5) is 3.97. The van der Waals surface area contributed by atoms with E-state index in [-0.39, 0.29) is 5.69 Å². The number of nitrogens with zero attached hydrogens (tertiary/aromatic N) is 1. The molecule has 0 aliphatic carbocycles. The molecule has 3 nitrogen and oxygen atoms in total. The van der Waals surface area contributed by atoms with Gasteiger partial charge in [0.15, 0.2) is 0 Å². The number of halogens is 3. The van der Waals surface area contributed by atoms with E-state index >= 15 is 0 Å². The van der Waals surface area contributed by atoms with E-state index in [2.05, 4.69) is 10.3 Å². The summed E-state index contributed by atoms with van der Waals surface area (Å²) in [6, 6.07) is 2.35. The van der Waals surface area contributed by atoms with E-state index < -0.39 is 18.6 Å². The first-order chi connectivity index (χ1) is 7.98. The summed E-state index contributed by atoms with van der Waals surface area (Å²) in [5.41, 5.74) is 0.286. The second-order valence-corrected chi connectivity index (χ2v) is 3.52. The molecule has 0 radical (unpaired) electrons. The monoisotopic (exact) mass is 248 g/mol. The minimum atomic E-state index is -4.24. The SMILES string of the molecule is CCNC(CC(F)(F)F)c1ncccc1OC. The standard InChI is InChI=1S/C11H15F3N2O/c1-3-15-8(7-11(12,13)14)10-9(17-2)5-4-6-16-10/h4-6,8,15H,3,7H2,1-2H3. The lowest BCUT2D eigenvalue weighted by molar-refractivity contribution is -0.140. The van der Waals surface area contributed by atoms with Crippen LogP contribution in [0.3, 0.4) is 0 Å². The van der Waals surface area contributed by atoms with Crippen molar-refractivity contribution in [2.24, 2.45) is 0 Å². The van der Waals surface area contributed by atoms with Crippen molar-refractivity contribution in [1.82, 2.24) is 10.3 Å². The zero-order valence-corrected chi connectivity index (χ0v) is 9.71. The maximum atomic E-state index is 12.4. The van der Waals surface area contributed by atoms with E-state index in [0.29, 0.717) is 12.3 Å². The Kier molecular flexibility index (Phi) is 4.74. The first kappa shape index (κ1) is 13.8. The molecule has 0 aliphatic heterocycles. The fourth-order valence-corrected chi connectivity index (χ4v) is 1.58. The van der Waals surface area contributed by atoms with E-state index in [1.165, 1.54) is 13.3 Å². The smallest absolute Gasteiger partial charge is 0.390 e. The molecule has 0 aliphatic rings. The molecule has 0 fully saturated rings. The van der Waals surface area contributed by atoms with Gasteiger partial charge in [-0.25, -0.2) is 0 Å². The minimum absolute atomic E-state index is 0.286. The lowest BCUT2D eigenvalue weighted by Crippen LogP contribution is -2.27. The maximum absolute atomic E-state index is 12.4. The van der Waals surface area contributed by atoms with Crippen LogP contribution in [-0.2, 0) is 0 Å². The second kappa shape index (κ2) is 5.86. The van der Waals surface area contributed by atoms with Crippen LogP contribution in [0.1, 0.15) is 25.1 Å². The number of alkyl halides is 3. The third kappa shape index (κ3) is 4.22. The normalized spacial score (nSPS) is 13.5. The highest BCUT2D eigenvalue weighted by Crippen LogP contribution is 2.32. The van der Waals surface area contributed by atoms with Crippen molar-refractivity contribution in [3.8, 4) is 5.75 Å². The molecule has 1 aromatic heterocycles. The molecule has 0 amide bonds. The highest BCUT2D eigenvalue weighted by atomic mass is 19.4. The van der Waals surface area contributed by atoms with Gasteiger partial charge >= 0.3 is 6.18 Å². The Hall–Kier alpha value is -1.30. The van der Waals surface area contributed by atoms with Crippen molar-refractivity contribution < 1.29 is 17.9 Å². The van der Waals surface area contributed by atoms with Gasteiger partial charge in [-0.15, -0.1) is 0 Å². The third-order valence-electron chi connectivity index (χ3n) is 2.24. The van der Waals surface area contributed by atoms with Gasteiger partial charge in [0.2, 0.25) is 0 Å². The molecule has 1 unspecified atom stereocenters. The van der Waals surface area contributed by atoms with Crippen molar-refractivity contribution in [2.75, 3.05) is 13.7 Å². The van der Waals surface area contributed by atoms with Crippen LogP contribution in [-0.4, -0.2) is 24.8 Å². The summed E-state index contributed by atoms with van der Waals surface area (Å²) in [5, 5.41) is 2.77. The van der Waals surface area contributed by atoms with E-state index in [1.807, 2.05) is 0 Å². The van der Waals surface area contributed by atoms with Crippen LogP contribution in [0.4, 0.5) is 13.2 Å². The summed E-state index contributed by atoms with van der Waals surface area (Å²) < 4.78 is 42.3. The Labute approximate surface area is 98.0 Å². The van der Waals surface area contributed by atoms with Crippen LogP contribution in [0, 0.1) is 0 Å². The molecule has 6 heteroatoms. The number of ether oxygens (including phenoxy) is 1.